The van der Waals surface area contributed by atoms with E-state index >= 15 is 0 Å². The first-order valence-electron chi connectivity index (χ1n) is 17.2. The van der Waals surface area contributed by atoms with E-state index in [1.807, 2.05) is 18.2 Å². The van der Waals surface area contributed by atoms with Gasteiger partial charge < -0.3 is 25.4 Å². The first kappa shape index (κ1) is 41.8. The summed E-state index contributed by atoms with van der Waals surface area (Å²) in [4.78, 5) is 67.4. The second-order valence-electron chi connectivity index (χ2n) is 13.9. The quantitative estimate of drug-likeness (QED) is 0.0864. The summed E-state index contributed by atoms with van der Waals surface area (Å²) in [6, 6.07) is 7.88. The minimum Gasteiger partial charge on any atom is -0.479 e. The lowest BCUT2D eigenvalue weighted by Gasteiger charge is -2.27. The van der Waals surface area contributed by atoms with Crippen LogP contribution in [0.4, 0.5) is 17.6 Å². The van der Waals surface area contributed by atoms with Crippen molar-refractivity contribution in [1.29, 1.82) is 0 Å². The molecule has 0 saturated carbocycles. The van der Waals surface area contributed by atoms with Gasteiger partial charge in [-0.1, -0.05) is 50.2 Å². The fraction of sp³-hybridized carbons (Fsp3) is 0.405. The predicted octanol–water partition coefficient (Wildman–Crippen LogP) is 3.66. The number of nitrogens with zero attached hydrogens (tertiary/aromatic N) is 4. The molecule has 0 aliphatic carbocycles. The van der Waals surface area contributed by atoms with Crippen molar-refractivity contribution in [3.05, 3.63) is 83.2 Å². The second kappa shape index (κ2) is 17.9. The van der Waals surface area contributed by atoms with Gasteiger partial charge in [-0.15, -0.1) is 5.10 Å². The molecule has 1 aromatic heterocycles. The predicted molar refractivity (Wildman–Crippen MR) is 188 cm³/mol. The molecule has 1 heterocycles. The summed E-state index contributed by atoms with van der Waals surface area (Å²) in [6.07, 6.45) is -0.658. The van der Waals surface area contributed by atoms with Gasteiger partial charge in [-0.05, 0) is 60.4 Å². The first-order valence-corrected chi connectivity index (χ1v) is 17.2. The van der Waals surface area contributed by atoms with Crippen molar-refractivity contribution in [2.45, 2.75) is 77.6 Å². The third-order valence-corrected chi connectivity index (χ3v) is 8.19. The van der Waals surface area contributed by atoms with Crippen LogP contribution in [-0.4, -0.2) is 80.0 Å². The van der Waals surface area contributed by atoms with Gasteiger partial charge in [-0.25, -0.2) is 13.5 Å². The number of fused-ring (bicyclic) bond motifs is 1. The molecule has 0 bridgehead atoms. The summed E-state index contributed by atoms with van der Waals surface area (Å²) in [7, 11) is 1.60. The number of halogens is 4. The summed E-state index contributed by atoms with van der Waals surface area (Å²) in [5.41, 5.74) is -0.724. The molecule has 3 N–H and O–H groups in total. The fourth-order valence-corrected chi connectivity index (χ4v) is 5.43. The number of nitrogens with one attached hydrogen (secondary N) is 3. The van der Waals surface area contributed by atoms with Crippen LogP contribution in [0.25, 0.3) is 10.8 Å². The molecule has 0 saturated heterocycles. The van der Waals surface area contributed by atoms with Crippen LogP contribution in [0.1, 0.15) is 63.6 Å². The molecule has 3 atom stereocenters. The van der Waals surface area contributed by atoms with Crippen molar-refractivity contribution in [2.24, 2.45) is 13.0 Å². The van der Waals surface area contributed by atoms with Crippen molar-refractivity contribution < 1.29 is 51.0 Å². The largest absolute Gasteiger partial charge is 0.479 e. The van der Waals surface area contributed by atoms with E-state index in [0.29, 0.717) is 16.8 Å². The maximum absolute atomic E-state index is 14.2. The van der Waals surface area contributed by atoms with Crippen molar-refractivity contribution in [2.75, 3.05) is 6.61 Å². The van der Waals surface area contributed by atoms with E-state index in [4.69, 9.17) is 9.47 Å². The monoisotopic (exact) mass is 771 g/mol. The van der Waals surface area contributed by atoms with Crippen LogP contribution in [0.2, 0.25) is 0 Å². The molecule has 0 spiro atoms. The standard InChI is InChI=1S/C37H41F4N7O7/c1-19(2)32(36(53)43-26(17-29(50)55-37(3,4)5)27(49)18-54-33-30(40)23(38)16-24(39)31(33)41)44-35(52)25(14-15-28-45-46-47-48(28)6)42-34(51)22-13-9-11-20-10-7-8-12-21(20)22/h7-13,16,19,25-26,32H,14-15,17-18H2,1-6H3,(H,42,51)(H,43,53)(H,44,52)/t25-,26-,32-/m0/s1. The van der Waals surface area contributed by atoms with Gasteiger partial charge in [0.05, 0.1) is 6.42 Å². The molecule has 0 aliphatic heterocycles. The molecule has 3 aromatic carbocycles. The molecule has 0 fully saturated rings. The highest BCUT2D eigenvalue weighted by Crippen LogP contribution is 2.26. The molecule has 3 amide bonds. The highest BCUT2D eigenvalue weighted by Gasteiger charge is 2.34. The summed E-state index contributed by atoms with van der Waals surface area (Å²) in [5.74, 6) is -13.5. The molecule has 14 nitrogen and oxygen atoms in total. The molecular weight excluding hydrogens is 730 g/mol. The molecule has 0 aliphatic rings. The number of Topliss-reactive ketones (excluding diaryl/α,β-unsaturated/α-hetero) is 1. The Labute approximate surface area is 313 Å². The zero-order chi connectivity index (χ0) is 40.6. The van der Waals surface area contributed by atoms with Crippen molar-refractivity contribution in [3.8, 4) is 5.75 Å². The lowest BCUT2D eigenvalue weighted by molar-refractivity contribution is -0.156. The fourth-order valence-electron chi connectivity index (χ4n) is 5.43. The van der Waals surface area contributed by atoms with Gasteiger partial charge in [-0.2, -0.15) is 8.78 Å². The average Bonchev–Trinajstić information content (AvgIpc) is 3.53. The number of esters is 1. The van der Waals surface area contributed by atoms with E-state index in [-0.39, 0.29) is 18.9 Å². The topological polar surface area (TPSA) is 183 Å². The van der Waals surface area contributed by atoms with Crippen molar-refractivity contribution in [3.63, 3.8) is 0 Å². The first-order chi connectivity index (χ1) is 25.9. The SMILES string of the molecule is CC(C)[C@H](NC(=O)[C@H](CCc1nnnn1C)NC(=O)c1cccc2ccccc12)C(=O)N[C@@H](CC(=O)OC(C)(C)C)C(=O)COc1c(F)c(F)cc(F)c1F. The highest BCUT2D eigenvalue weighted by molar-refractivity contribution is 6.08. The highest BCUT2D eigenvalue weighted by atomic mass is 19.2. The molecule has 18 heteroatoms. The Balaban J connectivity index is 1.56. The number of aromatic nitrogens is 4. The Morgan fingerprint density at radius 2 is 1.51 bits per heavy atom. The Bertz CT molecular complexity index is 2040. The Morgan fingerprint density at radius 1 is 0.855 bits per heavy atom. The van der Waals surface area contributed by atoms with Gasteiger partial charge in [0, 0.05) is 25.1 Å². The van der Waals surface area contributed by atoms with Crippen LogP contribution in [0.5, 0.6) is 5.75 Å². The van der Waals surface area contributed by atoms with Gasteiger partial charge in [0.15, 0.2) is 29.0 Å². The number of hydrogen-bond donors (Lipinski definition) is 3. The second-order valence-corrected chi connectivity index (χ2v) is 13.9. The number of ketones is 1. The number of tetrazole rings is 1. The summed E-state index contributed by atoms with van der Waals surface area (Å²) >= 11 is 0. The van der Waals surface area contributed by atoms with Crippen LogP contribution in [0, 0.1) is 29.2 Å². The molecule has 0 unspecified atom stereocenters. The van der Waals surface area contributed by atoms with Crippen molar-refractivity contribution >= 4 is 40.2 Å². The number of hydrogen-bond acceptors (Lipinski definition) is 10. The van der Waals surface area contributed by atoms with Crippen LogP contribution in [0.15, 0.2) is 48.5 Å². The Morgan fingerprint density at radius 3 is 2.13 bits per heavy atom. The van der Waals surface area contributed by atoms with Gasteiger partial charge in [0.25, 0.3) is 5.91 Å². The van der Waals surface area contributed by atoms with E-state index in [0.717, 1.165) is 5.39 Å². The Hall–Kier alpha value is -5.94. The van der Waals surface area contributed by atoms with E-state index in [1.165, 1.54) is 4.68 Å². The Kier molecular flexibility index (Phi) is 13.6. The van der Waals surface area contributed by atoms with Crippen LogP contribution in [-0.2, 0) is 37.4 Å². The van der Waals surface area contributed by atoms with E-state index in [2.05, 4.69) is 31.5 Å². The summed E-state index contributed by atoms with van der Waals surface area (Å²) in [5, 5.41) is 20.4. The number of amides is 3. The molecular formula is C37H41F4N7O7. The number of ether oxygens (including phenoxy) is 2. The normalized spacial score (nSPS) is 13.1. The zero-order valence-corrected chi connectivity index (χ0v) is 30.9. The average molecular weight is 772 g/mol. The zero-order valence-electron chi connectivity index (χ0n) is 30.9. The maximum Gasteiger partial charge on any atom is 0.308 e. The number of rotatable bonds is 16. The molecule has 294 valence electrons. The van der Waals surface area contributed by atoms with Gasteiger partial charge in [0.2, 0.25) is 23.4 Å². The van der Waals surface area contributed by atoms with Gasteiger partial charge in [-0.3, -0.25) is 24.0 Å². The molecule has 4 aromatic rings. The number of carbonyl (C=O) groups excluding carboxylic acids is 5. The van der Waals surface area contributed by atoms with Crippen LogP contribution in [0.3, 0.4) is 0 Å². The third-order valence-electron chi connectivity index (χ3n) is 8.19. The lowest BCUT2D eigenvalue weighted by atomic mass is 10.00. The number of aryl methyl sites for hydroxylation is 2. The van der Waals surface area contributed by atoms with Gasteiger partial charge in [0.1, 0.15) is 30.3 Å². The minimum atomic E-state index is -1.90. The lowest BCUT2D eigenvalue weighted by Crippen LogP contribution is -2.58. The van der Waals surface area contributed by atoms with Crippen LogP contribution < -0.4 is 20.7 Å². The smallest absolute Gasteiger partial charge is 0.308 e. The molecule has 0 radical (unpaired) electrons. The third kappa shape index (κ3) is 11.0. The molecule has 55 heavy (non-hydrogen) atoms. The van der Waals surface area contributed by atoms with Crippen LogP contribution >= 0.6 is 0 Å². The van der Waals surface area contributed by atoms with E-state index in [1.54, 1.807) is 65.9 Å². The van der Waals surface area contributed by atoms with Gasteiger partial charge >= 0.3 is 5.97 Å². The summed E-state index contributed by atoms with van der Waals surface area (Å²) in [6.45, 7) is 6.58. The molecule has 4 rings (SSSR count). The van der Waals surface area contributed by atoms with Crippen molar-refractivity contribution in [1.82, 2.24) is 36.2 Å². The summed E-state index contributed by atoms with van der Waals surface area (Å²) < 4.78 is 67.5. The minimum absolute atomic E-state index is 0.00608. The van der Waals surface area contributed by atoms with E-state index < -0.39 is 101 Å². The maximum atomic E-state index is 14.2. The number of benzene rings is 3. The van der Waals surface area contributed by atoms with E-state index in [9.17, 15) is 41.5 Å². The number of carbonyl (C=O) groups is 5.